The Labute approximate surface area is 136 Å². The van der Waals surface area contributed by atoms with Crippen LogP contribution in [0.1, 0.15) is 32.8 Å². The number of rotatable bonds is 6. The van der Waals surface area contributed by atoms with Gasteiger partial charge < -0.3 is 10.6 Å². The van der Waals surface area contributed by atoms with Crippen LogP contribution in [0.2, 0.25) is 0 Å². The molecular formula is C17H25F2N3O. The largest absolute Gasteiger partial charge is 0.384 e. The standard InChI is InChI=1S/C17H25F2N3O/c1-5-17(18,19)16(3,4)11-21-13-7-6-12(2)14(10-13)22-9-8-20-15(22)23/h6-7,10,21H,5,8-9,11H2,1-4H3,(H,20,23). The molecule has 23 heavy (non-hydrogen) atoms. The molecule has 6 heteroatoms. The summed E-state index contributed by atoms with van der Waals surface area (Å²) in [6.45, 7) is 7.94. The van der Waals surface area contributed by atoms with Crippen LogP contribution in [-0.4, -0.2) is 31.6 Å². The summed E-state index contributed by atoms with van der Waals surface area (Å²) >= 11 is 0. The molecule has 0 aromatic heterocycles. The third-order valence-electron chi connectivity index (χ3n) is 4.53. The molecule has 1 saturated heterocycles. The first-order valence-electron chi connectivity index (χ1n) is 7.95. The molecule has 1 aromatic rings. The fraction of sp³-hybridized carbons (Fsp3) is 0.588. The number of halogens is 2. The Hall–Kier alpha value is -1.85. The summed E-state index contributed by atoms with van der Waals surface area (Å²) in [7, 11) is 0. The van der Waals surface area contributed by atoms with E-state index < -0.39 is 11.3 Å². The predicted octanol–water partition coefficient (Wildman–Crippen LogP) is 4.01. The van der Waals surface area contributed by atoms with Gasteiger partial charge in [0.15, 0.2) is 0 Å². The summed E-state index contributed by atoms with van der Waals surface area (Å²) in [5.74, 6) is -2.73. The molecular weight excluding hydrogens is 300 g/mol. The van der Waals surface area contributed by atoms with Gasteiger partial charge in [0.25, 0.3) is 5.92 Å². The van der Waals surface area contributed by atoms with Gasteiger partial charge >= 0.3 is 6.03 Å². The highest BCUT2D eigenvalue weighted by Crippen LogP contribution is 2.39. The van der Waals surface area contributed by atoms with Gasteiger partial charge in [-0.1, -0.05) is 26.8 Å². The van der Waals surface area contributed by atoms with E-state index in [0.29, 0.717) is 13.1 Å². The second-order valence-electron chi connectivity index (χ2n) is 6.68. The van der Waals surface area contributed by atoms with E-state index in [2.05, 4.69) is 10.6 Å². The Morgan fingerprint density at radius 2 is 2.04 bits per heavy atom. The highest BCUT2D eigenvalue weighted by molar-refractivity contribution is 5.95. The number of amides is 2. The summed E-state index contributed by atoms with van der Waals surface area (Å²) in [5.41, 5.74) is 1.37. The van der Waals surface area contributed by atoms with Crippen molar-refractivity contribution in [3.8, 4) is 0 Å². The van der Waals surface area contributed by atoms with E-state index in [-0.39, 0.29) is 19.0 Å². The van der Waals surface area contributed by atoms with E-state index in [0.717, 1.165) is 16.9 Å². The normalized spacial score (nSPS) is 15.7. The molecule has 1 aliphatic rings. The van der Waals surface area contributed by atoms with Crippen LogP contribution in [0.15, 0.2) is 18.2 Å². The number of carbonyl (C=O) groups is 1. The Kier molecular flexibility index (Phi) is 4.82. The van der Waals surface area contributed by atoms with Crippen LogP contribution in [0.5, 0.6) is 0 Å². The number of nitrogens with one attached hydrogen (secondary N) is 2. The highest BCUT2D eigenvalue weighted by Gasteiger charge is 2.44. The summed E-state index contributed by atoms with van der Waals surface area (Å²) in [6.07, 6.45) is -0.186. The van der Waals surface area contributed by atoms with Crippen LogP contribution in [0.4, 0.5) is 25.0 Å². The Morgan fingerprint density at radius 3 is 2.61 bits per heavy atom. The molecule has 0 radical (unpaired) electrons. The number of urea groups is 1. The number of hydrogen-bond donors (Lipinski definition) is 2. The van der Waals surface area contributed by atoms with Gasteiger partial charge in [-0.05, 0) is 24.6 Å². The van der Waals surface area contributed by atoms with Crippen LogP contribution in [-0.2, 0) is 0 Å². The fourth-order valence-corrected chi connectivity index (χ4v) is 2.64. The lowest BCUT2D eigenvalue weighted by Crippen LogP contribution is -2.41. The molecule has 0 saturated carbocycles. The maximum atomic E-state index is 14.0. The second kappa shape index (κ2) is 6.34. The van der Waals surface area contributed by atoms with E-state index in [1.54, 1.807) is 18.7 Å². The Morgan fingerprint density at radius 1 is 1.35 bits per heavy atom. The monoisotopic (exact) mass is 325 g/mol. The number of benzene rings is 1. The smallest absolute Gasteiger partial charge is 0.322 e. The average molecular weight is 325 g/mol. The number of alkyl halides is 2. The zero-order chi connectivity index (χ0) is 17.3. The Bertz CT molecular complexity index is 587. The van der Waals surface area contributed by atoms with Gasteiger partial charge in [-0.2, -0.15) is 0 Å². The van der Waals surface area contributed by atoms with Gasteiger partial charge in [0.1, 0.15) is 0 Å². The average Bonchev–Trinajstić information content (AvgIpc) is 2.92. The van der Waals surface area contributed by atoms with Crippen molar-refractivity contribution in [1.82, 2.24) is 5.32 Å². The molecule has 4 nitrogen and oxygen atoms in total. The van der Waals surface area contributed by atoms with Crippen molar-refractivity contribution in [2.75, 3.05) is 29.9 Å². The van der Waals surface area contributed by atoms with Gasteiger partial charge in [0.2, 0.25) is 0 Å². The summed E-state index contributed by atoms with van der Waals surface area (Å²) in [5, 5.41) is 5.86. The lowest BCUT2D eigenvalue weighted by molar-refractivity contribution is -0.101. The summed E-state index contributed by atoms with van der Waals surface area (Å²) in [6, 6.07) is 5.48. The molecule has 0 bridgehead atoms. The maximum Gasteiger partial charge on any atom is 0.322 e. The minimum atomic E-state index is -2.73. The van der Waals surface area contributed by atoms with Crippen LogP contribution in [0, 0.1) is 12.3 Å². The molecule has 1 aromatic carbocycles. The zero-order valence-electron chi connectivity index (χ0n) is 14.2. The molecule has 128 valence electrons. The van der Waals surface area contributed by atoms with Crippen LogP contribution < -0.4 is 15.5 Å². The van der Waals surface area contributed by atoms with Crippen molar-refractivity contribution in [2.45, 2.75) is 40.0 Å². The number of carbonyl (C=O) groups excluding carboxylic acids is 1. The van der Waals surface area contributed by atoms with Crippen molar-refractivity contribution in [1.29, 1.82) is 0 Å². The van der Waals surface area contributed by atoms with E-state index in [1.807, 2.05) is 25.1 Å². The van der Waals surface area contributed by atoms with Crippen LogP contribution in [0.3, 0.4) is 0 Å². The molecule has 0 spiro atoms. The lowest BCUT2D eigenvalue weighted by Gasteiger charge is -2.34. The molecule has 2 N–H and O–H groups in total. The van der Waals surface area contributed by atoms with Crippen LogP contribution >= 0.6 is 0 Å². The van der Waals surface area contributed by atoms with Gasteiger partial charge in [-0.25, -0.2) is 13.6 Å². The predicted molar refractivity (Wildman–Crippen MR) is 89.4 cm³/mol. The first kappa shape index (κ1) is 17.5. The summed E-state index contributed by atoms with van der Waals surface area (Å²) in [4.78, 5) is 13.5. The van der Waals surface area contributed by atoms with Gasteiger partial charge in [-0.3, -0.25) is 4.90 Å². The number of hydrogen-bond acceptors (Lipinski definition) is 2. The molecule has 2 amide bonds. The van der Waals surface area contributed by atoms with Gasteiger partial charge in [0, 0.05) is 37.2 Å². The van der Waals surface area contributed by atoms with E-state index >= 15 is 0 Å². The third-order valence-corrected chi connectivity index (χ3v) is 4.53. The Balaban J connectivity index is 2.14. The topological polar surface area (TPSA) is 44.4 Å². The SMILES string of the molecule is CCC(F)(F)C(C)(C)CNc1ccc(C)c(N2CCNC2=O)c1. The van der Waals surface area contributed by atoms with E-state index in [9.17, 15) is 13.6 Å². The fourth-order valence-electron chi connectivity index (χ4n) is 2.64. The highest BCUT2D eigenvalue weighted by atomic mass is 19.3. The summed E-state index contributed by atoms with van der Waals surface area (Å²) < 4.78 is 27.9. The number of anilines is 2. The van der Waals surface area contributed by atoms with Gasteiger partial charge in [-0.15, -0.1) is 0 Å². The molecule has 0 unspecified atom stereocenters. The first-order valence-corrected chi connectivity index (χ1v) is 7.95. The maximum absolute atomic E-state index is 14.0. The molecule has 0 atom stereocenters. The van der Waals surface area contributed by atoms with E-state index in [4.69, 9.17) is 0 Å². The third kappa shape index (κ3) is 3.57. The minimum Gasteiger partial charge on any atom is -0.384 e. The lowest BCUT2D eigenvalue weighted by atomic mass is 9.84. The van der Waals surface area contributed by atoms with Crippen molar-refractivity contribution < 1.29 is 13.6 Å². The molecule has 2 rings (SSSR count). The van der Waals surface area contributed by atoms with Crippen molar-refractivity contribution in [3.63, 3.8) is 0 Å². The van der Waals surface area contributed by atoms with Crippen molar-refractivity contribution in [2.24, 2.45) is 5.41 Å². The second-order valence-corrected chi connectivity index (χ2v) is 6.68. The van der Waals surface area contributed by atoms with E-state index in [1.165, 1.54) is 6.92 Å². The molecule has 0 aliphatic carbocycles. The molecule has 1 aliphatic heterocycles. The quantitative estimate of drug-likeness (QED) is 0.830. The first-order chi connectivity index (χ1) is 10.7. The van der Waals surface area contributed by atoms with Crippen molar-refractivity contribution in [3.05, 3.63) is 23.8 Å². The minimum absolute atomic E-state index is 0.122. The zero-order valence-corrected chi connectivity index (χ0v) is 14.2. The van der Waals surface area contributed by atoms with Gasteiger partial charge in [0.05, 0.1) is 5.69 Å². The molecule has 1 fully saturated rings. The number of aryl methyl sites for hydroxylation is 1. The van der Waals surface area contributed by atoms with Crippen LogP contribution in [0.25, 0.3) is 0 Å². The number of nitrogens with zero attached hydrogens (tertiary/aromatic N) is 1. The molecule has 1 heterocycles. The van der Waals surface area contributed by atoms with Crippen molar-refractivity contribution >= 4 is 17.4 Å².